The second-order valence-electron chi connectivity index (χ2n) is 6.41. The number of halogens is 4. The molecule has 0 atom stereocenters. The molecule has 0 saturated carbocycles. The number of alkyl halides is 3. The van der Waals surface area contributed by atoms with Crippen molar-refractivity contribution < 1.29 is 18.0 Å². The summed E-state index contributed by atoms with van der Waals surface area (Å²) in [4.78, 5) is 12.3. The number of thioether (sulfide) groups is 1. The van der Waals surface area contributed by atoms with Crippen LogP contribution in [0.5, 0.6) is 0 Å². The lowest BCUT2D eigenvalue weighted by atomic mass is 10.1. The number of rotatable bonds is 6. The number of nitrogens with zero attached hydrogens (tertiary/aromatic N) is 3. The first-order valence-corrected chi connectivity index (χ1v) is 10.4. The van der Waals surface area contributed by atoms with E-state index in [-0.39, 0.29) is 16.5 Å². The summed E-state index contributed by atoms with van der Waals surface area (Å²) in [5, 5.41) is 11.1. The van der Waals surface area contributed by atoms with Crippen molar-refractivity contribution in [2.45, 2.75) is 31.6 Å². The molecule has 1 N–H and O–H groups in total. The van der Waals surface area contributed by atoms with Gasteiger partial charge in [-0.3, -0.25) is 9.36 Å². The van der Waals surface area contributed by atoms with E-state index in [1.807, 2.05) is 28.8 Å². The van der Waals surface area contributed by atoms with Gasteiger partial charge in [0.25, 0.3) is 0 Å². The fourth-order valence-electron chi connectivity index (χ4n) is 2.73. The van der Waals surface area contributed by atoms with Gasteiger partial charge < -0.3 is 5.32 Å². The Hall–Kier alpha value is -2.52. The van der Waals surface area contributed by atoms with Crippen molar-refractivity contribution in [3.8, 4) is 5.69 Å². The minimum atomic E-state index is -4.53. The summed E-state index contributed by atoms with van der Waals surface area (Å²) >= 11 is 7.05. The SMILES string of the molecule is CCc1ccc(-n2c(C)nnc2SCC(=O)Nc2cc(C(F)(F)F)ccc2Cl)cc1. The Morgan fingerprint density at radius 1 is 1.17 bits per heavy atom. The molecular weight excluding hydrogens is 437 g/mol. The van der Waals surface area contributed by atoms with Gasteiger partial charge in [0, 0.05) is 5.69 Å². The normalized spacial score (nSPS) is 11.5. The van der Waals surface area contributed by atoms with Crippen LogP contribution in [0.1, 0.15) is 23.9 Å². The van der Waals surface area contributed by atoms with Crippen LogP contribution in [0.15, 0.2) is 47.6 Å². The molecule has 0 fully saturated rings. The summed E-state index contributed by atoms with van der Waals surface area (Å²) in [5.41, 5.74) is 1.07. The smallest absolute Gasteiger partial charge is 0.324 e. The number of aromatic nitrogens is 3. The van der Waals surface area contributed by atoms with Gasteiger partial charge in [0.15, 0.2) is 5.16 Å². The van der Waals surface area contributed by atoms with Gasteiger partial charge in [-0.1, -0.05) is 42.4 Å². The lowest BCUT2D eigenvalue weighted by molar-refractivity contribution is -0.137. The zero-order valence-corrected chi connectivity index (χ0v) is 17.7. The van der Waals surface area contributed by atoms with Gasteiger partial charge in [-0.15, -0.1) is 10.2 Å². The zero-order valence-electron chi connectivity index (χ0n) is 16.1. The average Bonchev–Trinajstić information content (AvgIpc) is 3.07. The molecule has 0 saturated heterocycles. The van der Waals surface area contributed by atoms with Gasteiger partial charge in [0.1, 0.15) is 5.82 Å². The number of aryl methyl sites for hydroxylation is 2. The van der Waals surface area contributed by atoms with Gasteiger partial charge >= 0.3 is 6.18 Å². The van der Waals surface area contributed by atoms with Crippen molar-refractivity contribution >= 4 is 35.0 Å². The Labute approximate surface area is 180 Å². The molecule has 0 aliphatic heterocycles. The van der Waals surface area contributed by atoms with Gasteiger partial charge in [-0.25, -0.2) is 0 Å². The Balaban J connectivity index is 1.72. The fourth-order valence-corrected chi connectivity index (χ4v) is 3.69. The van der Waals surface area contributed by atoms with Gasteiger partial charge in [-0.2, -0.15) is 13.2 Å². The highest BCUT2D eigenvalue weighted by atomic mass is 35.5. The summed E-state index contributed by atoms with van der Waals surface area (Å²) in [6, 6.07) is 10.7. The van der Waals surface area contributed by atoms with Crippen LogP contribution in [-0.4, -0.2) is 26.4 Å². The molecule has 158 valence electrons. The molecule has 3 aromatic rings. The van der Waals surface area contributed by atoms with Crippen molar-refractivity contribution in [2.75, 3.05) is 11.1 Å². The average molecular weight is 455 g/mol. The van der Waals surface area contributed by atoms with Crippen LogP contribution >= 0.6 is 23.4 Å². The van der Waals surface area contributed by atoms with Gasteiger partial charge in [0.05, 0.1) is 22.0 Å². The first-order chi connectivity index (χ1) is 14.2. The Morgan fingerprint density at radius 3 is 2.50 bits per heavy atom. The maximum absolute atomic E-state index is 12.9. The third kappa shape index (κ3) is 5.14. The predicted molar refractivity (Wildman–Crippen MR) is 111 cm³/mol. The summed E-state index contributed by atoms with van der Waals surface area (Å²) in [5.74, 6) is 0.0791. The molecule has 1 aromatic heterocycles. The van der Waals surface area contributed by atoms with Crippen LogP contribution in [0.4, 0.5) is 18.9 Å². The maximum atomic E-state index is 12.9. The Kier molecular flexibility index (Phi) is 6.72. The van der Waals surface area contributed by atoms with Crippen LogP contribution in [0.25, 0.3) is 5.69 Å². The number of hydrogen-bond donors (Lipinski definition) is 1. The Morgan fingerprint density at radius 2 is 1.87 bits per heavy atom. The van der Waals surface area contributed by atoms with Crippen molar-refractivity contribution in [3.63, 3.8) is 0 Å². The zero-order chi connectivity index (χ0) is 21.9. The number of hydrogen-bond acceptors (Lipinski definition) is 4. The second kappa shape index (κ2) is 9.09. The van der Waals surface area contributed by atoms with Crippen molar-refractivity contribution in [2.24, 2.45) is 0 Å². The molecule has 30 heavy (non-hydrogen) atoms. The third-order valence-electron chi connectivity index (χ3n) is 4.30. The van der Waals surface area contributed by atoms with Crippen LogP contribution in [0.3, 0.4) is 0 Å². The first-order valence-electron chi connectivity index (χ1n) is 8.99. The van der Waals surface area contributed by atoms with E-state index in [1.165, 1.54) is 5.56 Å². The molecule has 10 heteroatoms. The minimum absolute atomic E-state index is 0.0244. The lowest BCUT2D eigenvalue weighted by Gasteiger charge is -2.12. The highest BCUT2D eigenvalue weighted by Crippen LogP contribution is 2.34. The third-order valence-corrected chi connectivity index (χ3v) is 5.56. The molecule has 0 unspecified atom stereocenters. The molecule has 0 spiro atoms. The number of nitrogens with one attached hydrogen (secondary N) is 1. The number of amides is 1. The number of benzene rings is 2. The fraction of sp³-hybridized carbons (Fsp3) is 0.250. The molecule has 0 bridgehead atoms. The number of carbonyl (C=O) groups is 1. The van der Waals surface area contributed by atoms with Crippen molar-refractivity contribution in [3.05, 3.63) is 64.4 Å². The monoisotopic (exact) mass is 454 g/mol. The van der Waals surface area contributed by atoms with Crippen LogP contribution < -0.4 is 5.32 Å². The topological polar surface area (TPSA) is 59.8 Å². The van der Waals surface area contributed by atoms with E-state index in [9.17, 15) is 18.0 Å². The highest BCUT2D eigenvalue weighted by Gasteiger charge is 2.31. The molecular formula is C20H18ClF3N4OS. The van der Waals surface area contributed by atoms with Crippen LogP contribution in [0, 0.1) is 6.92 Å². The molecule has 0 aliphatic rings. The standard InChI is InChI=1S/C20H18ClF3N4OS/c1-3-13-4-7-15(8-5-13)28-12(2)26-27-19(28)30-11-18(29)25-17-10-14(20(22,23)24)6-9-16(17)21/h4-10H,3,11H2,1-2H3,(H,25,29). The second-order valence-corrected chi connectivity index (χ2v) is 7.76. The number of anilines is 1. The first kappa shape index (κ1) is 22.2. The summed E-state index contributed by atoms with van der Waals surface area (Å²) in [7, 11) is 0. The van der Waals surface area contributed by atoms with E-state index in [0.29, 0.717) is 11.0 Å². The maximum Gasteiger partial charge on any atom is 0.416 e. The highest BCUT2D eigenvalue weighted by molar-refractivity contribution is 7.99. The molecule has 3 rings (SSSR count). The van der Waals surface area contributed by atoms with Crippen molar-refractivity contribution in [1.82, 2.24) is 14.8 Å². The van der Waals surface area contributed by atoms with E-state index in [4.69, 9.17) is 11.6 Å². The van der Waals surface area contributed by atoms with E-state index in [2.05, 4.69) is 22.4 Å². The molecule has 0 radical (unpaired) electrons. The van der Waals surface area contributed by atoms with E-state index in [1.54, 1.807) is 6.92 Å². The minimum Gasteiger partial charge on any atom is -0.324 e. The van der Waals surface area contributed by atoms with E-state index < -0.39 is 17.6 Å². The van der Waals surface area contributed by atoms with E-state index in [0.717, 1.165) is 42.1 Å². The summed E-state index contributed by atoms with van der Waals surface area (Å²) in [6.07, 6.45) is -3.61. The predicted octanol–water partition coefficient (Wildman–Crippen LogP) is 5.54. The molecule has 1 heterocycles. The molecule has 2 aromatic carbocycles. The van der Waals surface area contributed by atoms with Crippen LogP contribution in [-0.2, 0) is 17.4 Å². The van der Waals surface area contributed by atoms with Crippen molar-refractivity contribution in [1.29, 1.82) is 0 Å². The van der Waals surface area contributed by atoms with Crippen LogP contribution in [0.2, 0.25) is 5.02 Å². The van der Waals surface area contributed by atoms with Gasteiger partial charge in [0.2, 0.25) is 5.91 Å². The van der Waals surface area contributed by atoms with E-state index >= 15 is 0 Å². The van der Waals surface area contributed by atoms with Gasteiger partial charge in [-0.05, 0) is 49.2 Å². The molecule has 5 nitrogen and oxygen atoms in total. The molecule has 1 amide bonds. The summed E-state index contributed by atoms with van der Waals surface area (Å²) in [6.45, 7) is 3.86. The lowest BCUT2D eigenvalue weighted by Crippen LogP contribution is -2.16. The summed E-state index contributed by atoms with van der Waals surface area (Å²) < 4.78 is 40.5. The number of carbonyl (C=O) groups excluding carboxylic acids is 1. The molecule has 0 aliphatic carbocycles. The quantitative estimate of drug-likeness (QED) is 0.497. The Bertz CT molecular complexity index is 1050. The largest absolute Gasteiger partial charge is 0.416 e.